The first-order valence-electron chi connectivity index (χ1n) is 8.88. The summed E-state index contributed by atoms with van der Waals surface area (Å²) in [6.45, 7) is 3.70. The van der Waals surface area contributed by atoms with Crippen molar-refractivity contribution >= 4 is 23.8 Å². The van der Waals surface area contributed by atoms with E-state index in [-0.39, 0.29) is 11.4 Å². The van der Waals surface area contributed by atoms with Gasteiger partial charge in [-0.25, -0.2) is 4.79 Å². The maximum atomic E-state index is 12.2. The second-order valence-corrected chi connectivity index (χ2v) is 6.60. The molecule has 3 rings (SSSR count). The van der Waals surface area contributed by atoms with E-state index in [1.807, 2.05) is 38.1 Å². The summed E-state index contributed by atoms with van der Waals surface area (Å²) in [4.78, 5) is 22.4. The second kappa shape index (κ2) is 8.39. The van der Waals surface area contributed by atoms with Crippen molar-refractivity contribution in [2.75, 3.05) is 0 Å². The summed E-state index contributed by atoms with van der Waals surface area (Å²) in [5, 5.41) is 20.5. The third kappa shape index (κ3) is 4.87. The van der Waals surface area contributed by atoms with Crippen LogP contribution in [0.4, 0.5) is 5.69 Å². The lowest BCUT2D eigenvalue weighted by atomic mass is 10.0. The van der Waals surface area contributed by atoms with E-state index in [4.69, 9.17) is 4.74 Å². The molecule has 6 heteroatoms. The van der Waals surface area contributed by atoms with E-state index in [0.29, 0.717) is 11.3 Å². The van der Waals surface area contributed by atoms with Gasteiger partial charge in [0.1, 0.15) is 11.5 Å². The van der Waals surface area contributed by atoms with E-state index in [2.05, 4.69) is 0 Å². The molecule has 0 aliphatic heterocycles. The smallest absolute Gasteiger partial charge is 0.343 e. The molecular weight excluding hydrogens is 370 g/mol. The number of nitro groups is 1. The minimum atomic E-state index is -0.542. The van der Waals surface area contributed by atoms with Gasteiger partial charge in [0, 0.05) is 12.1 Å². The average molecular weight is 389 g/mol. The molecule has 0 aliphatic rings. The number of nitrogens with zero attached hydrogens (tertiary/aromatic N) is 1. The van der Waals surface area contributed by atoms with Crippen LogP contribution < -0.4 is 4.74 Å². The van der Waals surface area contributed by atoms with Crippen molar-refractivity contribution in [2.24, 2.45) is 0 Å². The van der Waals surface area contributed by atoms with E-state index in [1.54, 1.807) is 24.3 Å². The number of aryl methyl sites for hydroxylation is 2. The van der Waals surface area contributed by atoms with E-state index >= 15 is 0 Å². The maximum absolute atomic E-state index is 12.2. The zero-order chi connectivity index (χ0) is 21.0. The number of esters is 1. The van der Waals surface area contributed by atoms with Gasteiger partial charge in [-0.15, -0.1) is 0 Å². The van der Waals surface area contributed by atoms with Gasteiger partial charge in [-0.3, -0.25) is 10.1 Å². The SMILES string of the molecule is Cc1cc(C=Cc2ccc(C(=O)Oc3ccc([N+](=O)[O-])cc3)cc2)cc(C)c1O. The molecule has 0 amide bonds. The molecule has 146 valence electrons. The first-order chi connectivity index (χ1) is 13.8. The molecule has 0 heterocycles. The molecular formula is C23H19NO5. The first-order valence-corrected chi connectivity index (χ1v) is 8.88. The molecule has 29 heavy (non-hydrogen) atoms. The van der Waals surface area contributed by atoms with Crippen LogP contribution in [0.5, 0.6) is 11.5 Å². The highest BCUT2D eigenvalue weighted by molar-refractivity contribution is 5.91. The van der Waals surface area contributed by atoms with Crippen molar-refractivity contribution in [2.45, 2.75) is 13.8 Å². The highest BCUT2D eigenvalue weighted by atomic mass is 16.6. The Morgan fingerprint density at radius 1 is 0.931 bits per heavy atom. The Balaban J connectivity index is 1.67. The largest absolute Gasteiger partial charge is 0.507 e. The standard InChI is InChI=1S/C23H19NO5/c1-15-13-18(14-16(2)22(15)25)4-3-17-5-7-19(8-6-17)23(26)29-21-11-9-20(10-12-21)24(27)28/h3-14,25H,1-2H3. The van der Waals surface area contributed by atoms with Gasteiger partial charge in [-0.05, 0) is 72.5 Å². The number of carbonyl (C=O) groups excluding carboxylic acids is 1. The number of nitro benzene ring substituents is 1. The molecule has 3 aromatic carbocycles. The van der Waals surface area contributed by atoms with E-state index in [9.17, 15) is 20.0 Å². The Hall–Kier alpha value is -3.93. The number of phenolic OH excluding ortho intramolecular Hbond substituents is 1. The summed E-state index contributed by atoms with van der Waals surface area (Å²) in [7, 11) is 0. The van der Waals surface area contributed by atoms with Crippen molar-refractivity contribution < 1.29 is 19.6 Å². The quantitative estimate of drug-likeness (QED) is 0.210. The molecule has 0 aromatic heterocycles. The van der Waals surface area contributed by atoms with Crippen LogP contribution in [0.2, 0.25) is 0 Å². The van der Waals surface area contributed by atoms with Crippen molar-refractivity contribution in [3.8, 4) is 11.5 Å². The predicted octanol–water partition coefficient (Wildman–Crippen LogP) is 5.31. The summed E-state index contributed by atoms with van der Waals surface area (Å²) in [5.41, 5.74) is 3.81. The van der Waals surface area contributed by atoms with Gasteiger partial charge in [-0.1, -0.05) is 24.3 Å². The summed E-state index contributed by atoms with van der Waals surface area (Å²) >= 11 is 0. The molecule has 0 fully saturated rings. The van der Waals surface area contributed by atoms with E-state index in [0.717, 1.165) is 22.3 Å². The summed E-state index contributed by atoms with van der Waals surface area (Å²) in [5.74, 6) is -0.000143. The molecule has 0 spiro atoms. The number of aromatic hydroxyl groups is 1. The Morgan fingerprint density at radius 2 is 1.48 bits per heavy atom. The highest BCUT2D eigenvalue weighted by Crippen LogP contribution is 2.24. The number of ether oxygens (including phenoxy) is 1. The molecule has 0 saturated heterocycles. The predicted molar refractivity (Wildman–Crippen MR) is 111 cm³/mol. The summed E-state index contributed by atoms with van der Waals surface area (Å²) < 4.78 is 5.24. The number of carbonyl (C=O) groups is 1. The fourth-order valence-electron chi connectivity index (χ4n) is 2.81. The second-order valence-electron chi connectivity index (χ2n) is 6.60. The Morgan fingerprint density at radius 3 is 2.03 bits per heavy atom. The number of hydrogen-bond donors (Lipinski definition) is 1. The molecule has 0 aliphatic carbocycles. The number of rotatable bonds is 5. The van der Waals surface area contributed by atoms with Gasteiger partial charge in [0.25, 0.3) is 5.69 Å². The number of hydrogen-bond acceptors (Lipinski definition) is 5. The number of benzene rings is 3. The fourth-order valence-corrected chi connectivity index (χ4v) is 2.81. The van der Waals surface area contributed by atoms with Crippen LogP contribution >= 0.6 is 0 Å². The normalized spacial score (nSPS) is 10.8. The first kappa shape index (κ1) is 19.8. The van der Waals surface area contributed by atoms with Crippen LogP contribution in [-0.4, -0.2) is 16.0 Å². The van der Waals surface area contributed by atoms with E-state index in [1.165, 1.54) is 24.3 Å². The Bertz CT molecular complexity index is 1060. The van der Waals surface area contributed by atoms with Crippen molar-refractivity contribution in [3.05, 3.63) is 98.6 Å². The maximum Gasteiger partial charge on any atom is 0.343 e. The van der Waals surface area contributed by atoms with Gasteiger partial charge in [-0.2, -0.15) is 0 Å². The lowest BCUT2D eigenvalue weighted by molar-refractivity contribution is -0.384. The Labute approximate surface area is 167 Å². The zero-order valence-electron chi connectivity index (χ0n) is 16.0. The van der Waals surface area contributed by atoms with Crippen LogP contribution in [0.15, 0.2) is 60.7 Å². The van der Waals surface area contributed by atoms with Crippen molar-refractivity contribution in [3.63, 3.8) is 0 Å². The molecule has 0 radical (unpaired) electrons. The van der Waals surface area contributed by atoms with Crippen molar-refractivity contribution in [1.82, 2.24) is 0 Å². The monoisotopic (exact) mass is 389 g/mol. The van der Waals surface area contributed by atoms with Crippen LogP contribution in [0.25, 0.3) is 12.2 Å². The molecule has 0 atom stereocenters. The third-order valence-corrected chi connectivity index (χ3v) is 4.39. The minimum Gasteiger partial charge on any atom is -0.507 e. The van der Waals surface area contributed by atoms with Gasteiger partial charge in [0.15, 0.2) is 0 Å². The Kier molecular flexibility index (Phi) is 5.74. The molecule has 0 unspecified atom stereocenters. The summed E-state index contributed by atoms with van der Waals surface area (Å²) in [6.07, 6.45) is 3.85. The highest BCUT2D eigenvalue weighted by Gasteiger charge is 2.10. The van der Waals surface area contributed by atoms with Crippen LogP contribution in [0.1, 0.15) is 32.6 Å². The summed E-state index contributed by atoms with van der Waals surface area (Å²) in [6, 6.07) is 16.0. The molecule has 0 saturated carbocycles. The molecule has 0 bridgehead atoms. The van der Waals surface area contributed by atoms with Gasteiger partial charge in [0.05, 0.1) is 10.5 Å². The fraction of sp³-hybridized carbons (Fsp3) is 0.0870. The molecule has 3 aromatic rings. The lowest BCUT2D eigenvalue weighted by Gasteiger charge is -2.05. The third-order valence-electron chi connectivity index (χ3n) is 4.39. The topological polar surface area (TPSA) is 89.7 Å². The van der Waals surface area contributed by atoms with Crippen LogP contribution in [0, 0.1) is 24.0 Å². The van der Waals surface area contributed by atoms with E-state index < -0.39 is 10.9 Å². The molecule has 1 N–H and O–H groups in total. The van der Waals surface area contributed by atoms with Crippen LogP contribution in [-0.2, 0) is 0 Å². The lowest BCUT2D eigenvalue weighted by Crippen LogP contribution is -2.08. The van der Waals surface area contributed by atoms with Crippen LogP contribution in [0.3, 0.4) is 0 Å². The van der Waals surface area contributed by atoms with Crippen molar-refractivity contribution in [1.29, 1.82) is 0 Å². The number of non-ortho nitro benzene ring substituents is 1. The zero-order valence-corrected chi connectivity index (χ0v) is 16.0. The van der Waals surface area contributed by atoms with Gasteiger partial charge >= 0.3 is 5.97 Å². The average Bonchev–Trinajstić information content (AvgIpc) is 2.71. The molecule has 6 nitrogen and oxygen atoms in total. The number of phenols is 1. The van der Waals surface area contributed by atoms with Gasteiger partial charge < -0.3 is 9.84 Å². The van der Waals surface area contributed by atoms with Gasteiger partial charge in [0.2, 0.25) is 0 Å². The minimum absolute atomic E-state index is 0.0695.